The highest BCUT2D eigenvalue weighted by Gasteiger charge is 2.39. The molecule has 1 fully saturated rings. The number of anilines is 1. The molecule has 1 unspecified atom stereocenters. The molecule has 1 saturated heterocycles. The van der Waals surface area contributed by atoms with E-state index in [0.717, 1.165) is 11.3 Å². The average molecular weight is 428 g/mol. The Morgan fingerprint density at radius 1 is 1.27 bits per heavy atom. The maximum Gasteiger partial charge on any atom is 0.265 e. The van der Waals surface area contributed by atoms with E-state index >= 15 is 0 Å². The first-order valence-electron chi connectivity index (χ1n) is 10.0. The number of hydrogen-bond donors (Lipinski definition) is 0. The molecule has 2 aliphatic rings. The lowest BCUT2D eigenvalue weighted by molar-refractivity contribution is -0.140. The van der Waals surface area contributed by atoms with E-state index in [4.69, 9.17) is 16.3 Å². The predicted molar refractivity (Wildman–Crippen MR) is 113 cm³/mol. The standard InChI is InChI=1S/C23H23ClFN3O2/c1-27-14-21(30-20-7-4-17(24)12-19(20)27)22(29)28-10-8-23(15-26,9-11-28)13-16-2-5-18(25)6-3-16/h2-7,12,21H,8-11,13-14H2,1H3. The number of benzene rings is 2. The molecule has 0 spiro atoms. The van der Waals surface area contributed by atoms with Crippen molar-refractivity contribution in [3.8, 4) is 11.8 Å². The van der Waals surface area contributed by atoms with Gasteiger partial charge in [-0.15, -0.1) is 0 Å². The Morgan fingerprint density at radius 3 is 2.63 bits per heavy atom. The van der Waals surface area contributed by atoms with E-state index in [1.165, 1.54) is 12.1 Å². The first kappa shape index (κ1) is 20.5. The molecule has 1 atom stereocenters. The van der Waals surface area contributed by atoms with Crippen molar-refractivity contribution in [2.75, 3.05) is 31.6 Å². The molecule has 0 N–H and O–H groups in total. The first-order chi connectivity index (χ1) is 14.4. The third kappa shape index (κ3) is 4.08. The number of likely N-dealkylation sites (tertiary alicyclic amines) is 1. The third-order valence-corrected chi connectivity index (χ3v) is 6.28. The van der Waals surface area contributed by atoms with E-state index in [2.05, 4.69) is 6.07 Å². The van der Waals surface area contributed by atoms with E-state index in [1.54, 1.807) is 29.2 Å². The molecule has 0 bridgehead atoms. The summed E-state index contributed by atoms with van der Waals surface area (Å²) < 4.78 is 19.1. The Hall–Kier alpha value is -2.78. The minimum Gasteiger partial charge on any atom is -0.477 e. The molecular formula is C23H23ClFN3O2. The van der Waals surface area contributed by atoms with Crippen molar-refractivity contribution in [1.29, 1.82) is 5.26 Å². The van der Waals surface area contributed by atoms with Gasteiger partial charge in [0.2, 0.25) is 0 Å². The van der Waals surface area contributed by atoms with Crippen LogP contribution in [0.4, 0.5) is 10.1 Å². The van der Waals surface area contributed by atoms with Crippen molar-refractivity contribution in [3.05, 3.63) is 58.9 Å². The summed E-state index contributed by atoms with van der Waals surface area (Å²) in [7, 11) is 1.91. The van der Waals surface area contributed by atoms with Crippen LogP contribution in [0.15, 0.2) is 42.5 Å². The van der Waals surface area contributed by atoms with Gasteiger partial charge in [0.15, 0.2) is 6.10 Å². The molecule has 2 heterocycles. The third-order valence-electron chi connectivity index (χ3n) is 6.04. The molecule has 0 saturated carbocycles. The van der Waals surface area contributed by atoms with Crippen LogP contribution >= 0.6 is 11.6 Å². The lowest BCUT2D eigenvalue weighted by Crippen LogP contribution is -2.52. The number of hydrogen-bond acceptors (Lipinski definition) is 4. The number of piperidine rings is 1. The Bertz CT molecular complexity index is 981. The number of nitrogens with zero attached hydrogens (tertiary/aromatic N) is 3. The van der Waals surface area contributed by atoms with Crippen molar-refractivity contribution in [2.24, 2.45) is 5.41 Å². The van der Waals surface area contributed by atoms with Gasteiger partial charge in [-0.25, -0.2) is 4.39 Å². The van der Waals surface area contributed by atoms with Gasteiger partial charge in [-0.1, -0.05) is 23.7 Å². The molecule has 0 aromatic heterocycles. The summed E-state index contributed by atoms with van der Waals surface area (Å²) in [4.78, 5) is 16.9. The monoisotopic (exact) mass is 427 g/mol. The van der Waals surface area contributed by atoms with Crippen LogP contribution in [0, 0.1) is 22.6 Å². The fourth-order valence-electron chi connectivity index (χ4n) is 4.23. The van der Waals surface area contributed by atoms with Crippen LogP contribution in [0.3, 0.4) is 0 Å². The fourth-order valence-corrected chi connectivity index (χ4v) is 4.40. The summed E-state index contributed by atoms with van der Waals surface area (Å²) in [6, 6.07) is 14.1. The summed E-state index contributed by atoms with van der Waals surface area (Å²) >= 11 is 6.07. The molecule has 2 aliphatic heterocycles. The van der Waals surface area contributed by atoms with E-state index in [0.29, 0.717) is 49.7 Å². The number of fused-ring (bicyclic) bond motifs is 1. The summed E-state index contributed by atoms with van der Waals surface area (Å²) in [5.74, 6) is 0.299. The highest BCUT2D eigenvalue weighted by Crippen LogP contribution is 2.37. The number of likely N-dealkylation sites (N-methyl/N-ethyl adjacent to an activating group) is 1. The van der Waals surface area contributed by atoms with Crippen LogP contribution in [0.25, 0.3) is 0 Å². The van der Waals surface area contributed by atoms with Gasteiger partial charge < -0.3 is 14.5 Å². The molecular weight excluding hydrogens is 405 g/mol. The zero-order chi connectivity index (χ0) is 21.3. The molecule has 2 aromatic carbocycles. The van der Waals surface area contributed by atoms with Gasteiger partial charge in [0.05, 0.1) is 23.7 Å². The van der Waals surface area contributed by atoms with Gasteiger partial charge in [0.25, 0.3) is 5.91 Å². The van der Waals surface area contributed by atoms with Crippen molar-refractivity contribution in [1.82, 2.24) is 4.90 Å². The number of ether oxygens (including phenoxy) is 1. The molecule has 2 aromatic rings. The quantitative estimate of drug-likeness (QED) is 0.741. The van der Waals surface area contributed by atoms with Gasteiger partial charge in [-0.3, -0.25) is 4.79 Å². The highest BCUT2D eigenvalue weighted by atomic mass is 35.5. The Labute approximate surface area is 180 Å². The second kappa shape index (κ2) is 8.16. The number of carbonyl (C=O) groups excluding carboxylic acids is 1. The van der Waals surface area contributed by atoms with Crippen LogP contribution in [0.2, 0.25) is 5.02 Å². The van der Waals surface area contributed by atoms with Crippen LogP contribution < -0.4 is 9.64 Å². The minimum atomic E-state index is -0.588. The van der Waals surface area contributed by atoms with Gasteiger partial charge in [0.1, 0.15) is 11.6 Å². The van der Waals surface area contributed by atoms with E-state index < -0.39 is 11.5 Å². The van der Waals surface area contributed by atoms with Gasteiger partial charge in [-0.2, -0.15) is 5.26 Å². The largest absolute Gasteiger partial charge is 0.477 e. The molecule has 7 heteroatoms. The zero-order valence-electron chi connectivity index (χ0n) is 16.8. The van der Waals surface area contributed by atoms with E-state index in [1.807, 2.05) is 18.0 Å². The minimum absolute atomic E-state index is 0.0595. The Balaban J connectivity index is 1.41. The van der Waals surface area contributed by atoms with Crippen LogP contribution in [0.5, 0.6) is 5.75 Å². The number of carbonyl (C=O) groups is 1. The molecule has 4 rings (SSSR count). The van der Waals surface area contributed by atoms with Gasteiger partial charge in [-0.05, 0) is 55.2 Å². The number of rotatable bonds is 3. The number of amides is 1. The summed E-state index contributed by atoms with van der Waals surface area (Å²) in [5.41, 5.74) is 1.26. The summed E-state index contributed by atoms with van der Waals surface area (Å²) in [5, 5.41) is 10.5. The Morgan fingerprint density at radius 2 is 1.97 bits per heavy atom. The number of nitriles is 1. The maximum atomic E-state index is 13.2. The maximum absolute atomic E-state index is 13.2. The van der Waals surface area contributed by atoms with Crippen LogP contribution in [0.1, 0.15) is 18.4 Å². The lowest BCUT2D eigenvalue weighted by Gasteiger charge is -2.40. The summed E-state index contributed by atoms with van der Waals surface area (Å²) in [6.07, 6.45) is 1.14. The number of halogens is 2. The zero-order valence-corrected chi connectivity index (χ0v) is 17.5. The van der Waals surface area contributed by atoms with E-state index in [-0.39, 0.29) is 11.7 Å². The van der Waals surface area contributed by atoms with Crippen molar-refractivity contribution >= 4 is 23.2 Å². The molecule has 0 aliphatic carbocycles. The second-order valence-electron chi connectivity index (χ2n) is 8.12. The van der Waals surface area contributed by atoms with Crippen LogP contribution in [-0.4, -0.2) is 43.6 Å². The predicted octanol–water partition coefficient (Wildman–Crippen LogP) is 4.05. The topological polar surface area (TPSA) is 56.6 Å². The molecule has 5 nitrogen and oxygen atoms in total. The lowest BCUT2D eigenvalue weighted by atomic mass is 9.75. The fraction of sp³-hybridized carbons (Fsp3) is 0.391. The van der Waals surface area contributed by atoms with Crippen molar-refractivity contribution in [2.45, 2.75) is 25.4 Å². The van der Waals surface area contributed by atoms with E-state index in [9.17, 15) is 14.4 Å². The van der Waals surface area contributed by atoms with Gasteiger partial charge >= 0.3 is 0 Å². The molecule has 30 heavy (non-hydrogen) atoms. The highest BCUT2D eigenvalue weighted by molar-refractivity contribution is 6.31. The van der Waals surface area contributed by atoms with Crippen molar-refractivity contribution in [3.63, 3.8) is 0 Å². The summed E-state index contributed by atoms with van der Waals surface area (Å²) in [6.45, 7) is 1.46. The second-order valence-corrected chi connectivity index (χ2v) is 8.56. The van der Waals surface area contributed by atoms with Crippen molar-refractivity contribution < 1.29 is 13.9 Å². The smallest absolute Gasteiger partial charge is 0.265 e. The normalized spacial score (nSPS) is 20.1. The van der Waals surface area contributed by atoms with Gasteiger partial charge in [0, 0.05) is 25.2 Å². The average Bonchev–Trinajstić information content (AvgIpc) is 2.76. The van der Waals surface area contributed by atoms with Crippen LogP contribution in [-0.2, 0) is 11.2 Å². The Kier molecular flexibility index (Phi) is 5.57. The molecule has 156 valence electrons. The first-order valence-corrected chi connectivity index (χ1v) is 10.4. The molecule has 1 amide bonds. The SMILES string of the molecule is CN1CC(C(=O)N2CCC(C#N)(Cc3ccc(F)cc3)CC2)Oc2ccc(Cl)cc21. The molecule has 0 radical (unpaired) electrons.